The highest BCUT2D eigenvalue weighted by atomic mass is 31.2. The SMILES string of the molecule is O=P(O)(O)c1cn2cccc(CCc3nn[nH]n3)c2n1. The average molecular weight is 294 g/mol. The third kappa shape index (κ3) is 2.46. The van der Waals surface area contributed by atoms with E-state index in [0.717, 1.165) is 5.56 Å². The summed E-state index contributed by atoms with van der Waals surface area (Å²) in [5.74, 6) is 0.578. The van der Waals surface area contributed by atoms with E-state index in [9.17, 15) is 4.57 Å². The van der Waals surface area contributed by atoms with Crippen LogP contribution in [0.5, 0.6) is 0 Å². The zero-order valence-electron chi connectivity index (χ0n) is 10.2. The molecule has 3 aromatic heterocycles. The first-order valence-corrected chi connectivity index (χ1v) is 7.40. The predicted molar refractivity (Wildman–Crippen MR) is 68.5 cm³/mol. The Labute approximate surface area is 112 Å². The first-order valence-electron chi connectivity index (χ1n) is 5.79. The van der Waals surface area contributed by atoms with E-state index in [1.54, 1.807) is 16.7 Å². The van der Waals surface area contributed by atoms with Crippen LogP contribution < -0.4 is 5.44 Å². The highest BCUT2D eigenvalue weighted by molar-refractivity contribution is 7.60. The quantitative estimate of drug-likeness (QED) is 0.550. The molecule has 0 fully saturated rings. The van der Waals surface area contributed by atoms with E-state index in [-0.39, 0.29) is 5.44 Å². The standard InChI is InChI=1S/C10H11N6O3P/c17-20(18,19)9-6-16-5-1-2-7(10(16)11-9)3-4-8-12-14-15-13-8/h1-2,5-6H,3-4H2,(H2,17,18,19)(H,12,13,14,15). The molecule has 0 bridgehead atoms. The Morgan fingerprint density at radius 1 is 1.35 bits per heavy atom. The Kier molecular flexibility index (Phi) is 3.09. The van der Waals surface area contributed by atoms with Crippen LogP contribution in [0.15, 0.2) is 24.5 Å². The van der Waals surface area contributed by atoms with Crippen molar-refractivity contribution in [2.24, 2.45) is 0 Å². The number of rotatable bonds is 4. The molecule has 0 radical (unpaired) electrons. The van der Waals surface area contributed by atoms with Gasteiger partial charge >= 0.3 is 7.60 Å². The van der Waals surface area contributed by atoms with Gasteiger partial charge in [0.2, 0.25) is 0 Å². The molecule has 0 spiro atoms. The van der Waals surface area contributed by atoms with Crippen LogP contribution in [0.1, 0.15) is 11.4 Å². The molecule has 0 aromatic carbocycles. The Bertz CT molecular complexity index is 778. The minimum atomic E-state index is -4.35. The minimum Gasteiger partial charge on any atom is -0.320 e. The van der Waals surface area contributed by atoms with Crippen molar-refractivity contribution in [3.05, 3.63) is 35.9 Å². The summed E-state index contributed by atoms with van der Waals surface area (Å²) < 4.78 is 12.8. The number of hydrogen-bond acceptors (Lipinski definition) is 5. The molecule has 3 rings (SSSR count). The molecule has 0 atom stereocenters. The van der Waals surface area contributed by atoms with Gasteiger partial charge < -0.3 is 14.2 Å². The van der Waals surface area contributed by atoms with Gasteiger partial charge in [0, 0.05) is 18.8 Å². The van der Waals surface area contributed by atoms with Crippen LogP contribution in [0.25, 0.3) is 5.65 Å². The molecule has 0 aliphatic carbocycles. The molecule has 104 valence electrons. The lowest BCUT2D eigenvalue weighted by Gasteiger charge is -2.01. The number of fused-ring (bicyclic) bond motifs is 1. The van der Waals surface area contributed by atoms with E-state index in [4.69, 9.17) is 9.79 Å². The fourth-order valence-electron chi connectivity index (χ4n) is 1.93. The zero-order valence-corrected chi connectivity index (χ0v) is 11.1. The van der Waals surface area contributed by atoms with Crippen LogP contribution in [-0.2, 0) is 17.4 Å². The third-order valence-corrected chi connectivity index (χ3v) is 3.67. The molecule has 0 saturated heterocycles. The Morgan fingerprint density at radius 3 is 2.90 bits per heavy atom. The summed E-state index contributed by atoms with van der Waals surface area (Å²) in [4.78, 5) is 22.3. The van der Waals surface area contributed by atoms with Crippen LogP contribution in [0.4, 0.5) is 0 Å². The number of nitrogens with zero attached hydrogens (tertiary/aromatic N) is 5. The van der Waals surface area contributed by atoms with Crippen molar-refractivity contribution in [2.75, 3.05) is 0 Å². The topological polar surface area (TPSA) is 129 Å². The third-order valence-electron chi connectivity index (χ3n) is 2.86. The molecule has 9 nitrogen and oxygen atoms in total. The highest BCUT2D eigenvalue weighted by Gasteiger charge is 2.22. The molecule has 0 amide bonds. The second kappa shape index (κ2) is 4.78. The molecule has 0 unspecified atom stereocenters. The summed E-state index contributed by atoms with van der Waals surface area (Å²) in [6, 6.07) is 3.65. The molecule has 20 heavy (non-hydrogen) atoms. The van der Waals surface area contributed by atoms with Crippen LogP contribution in [-0.4, -0.2) is 39.8 Å². The molecule has 3 aromatic rings. The number of imidazole rings is 1. The number of hydrogen-bond donors (Lipinski definition) is 3. The van der Waals surface area contributed by atoms with Gasteiger partial charge in [0.1, 0.15) is 5.65 Å². The van der Waals surface area contributed by atoms with Crippen molar-refractivity contribution >= 4 is 18.7 Å². The maximum Gasteiger partial charge on any atom is 0.376 e. The van der Waals surface area contributed by atoms with E-state index < -0.39 is 7.60 Å². The van der Waals surface area contributed by atoms with Crippen molar-refractivity contribution in [3.63, 3.8) is 0 Å². The summed E-state index contributed by atoms with van der Waals surface area (Å²) in [7, 11) is -4.35. The second-order valence-corrected chi connectivity index (χ2v) is 5.78. The molecule has 3 N–H and O–H groups in total. The zero-order chi connectivity index (χ0) is 14.2. The van der Waals surface area contributed by atoms with Crippen molar-refractivity contribution < 1.29 is 14.4 Å². The Morgan fingerprint density at radius 2 is 2.20 bits per heavy atom. The molecular formula is C10H11N6O3P. The van der Waals surface area contributed by atoms with Crippen LogP contribution in [0.2, 0.25) is 0 Å². The van der Waals surface area contributed by atoms with Gasteiger partial charge in [-0.05, 0) is 18.1 Å². The van der Waals surface area contributed by atoms with Gasteiger partial charge in [-0.1, -0.05) is 11.3 Å². The monoisotopic (exact) mass is 294 g/mol. The Hall–Kier alpha value is -2.09. The number of aromatic amines is 1. The van der Waals surface area contributed by atoms with Crippen molar-refractivity contribution in [2.45, 2.75) is 12.8 Å². The molecule has 3 heterocycles. The summed E-state index contributed by atoms with van der Waals surface area (Å²) in [6.07, 6.45) is 4.20. The molecule has 0 aliphatic heterocycles. The average Bonchev–Trinajstić information content (AvgIpc) is 3.04. The van der Waals surface area contributed by atoms with E-state index in [1.165, 1.54) is 6.20 Å². The normalized spacial score (nSPS) is 12.1. The summed E-state index contributed by atoms with van der Waals surface area (Å²) in [5.41, 5.74) is 1.15. The molecule has 0 aliphatic rings. The van der Waals surface area contributed by atoms with Gasteiger partial charge in [0.25, 0.3) is 0 Å². The van der Waals surface area contributed by atoms with Gasteiger partial charge in [-0.2, -0.15) is 5.21 Å². The van der Waals surface area contributed by atoms with Crippen LogP contribution >= 0.6 is 7.60 Å². The number of nitrogens with one attached hydrogen (secondary N) is 1. The fraction of sp³-hybridized carbons (Fsp3) is 0.200. The van der Waals surface area contributed by atoms with Gasteiger partial charge in [-0.15, -0.1) is 10.2 Å². The van der Waals surface area contributed by atoms with Crippen molar-refractivity contribution in [1.29, 1.82) is 0 Å². The van der Waals surface area contributed by atoms with Crippen LogP contribution in [0, 0.1) is 0 Å². The number of H-pyrrole nitrogens is 1. The number of pyridine rings is 1. The first-order chi connectivity index (χ1) is 9.54. The lowest BCUT2D eigenvalue weighted by atomic mass is 10.1. The van der Waals surface area contributed by atoms with E-state index >= 15 is 0 Å². The van der Waals surface area contributed by atoms with Gasteiger partial charge in [0.15, 0.2) is 11.3 Å². The van der Waals surface area contributed by atoms with E-state index in [2.05, 4.69) is 25.6 Å². The maximum absolute atomic E-state index is 11.2. The molecule has 10 heteroatoms. The minimum absolute atomic E-state index is 0.232. The maximum atomic E-state index is 11.2. The summed E-state index contributed by atoms with van der Waals surface area (Å²) >= 11 is 0. The smallest absolute Gasteiger partial charge is 0.320 e. The van der Waals surface area contributed by atoms with Crippen LogP contribution in [0.3, 0.4) is 0 Å². The number of aryl methyl sites for hydroxylation is 2. The summed E-state index contributed by atoms with van der Waals surface area (Å²) in [6.45, 7) is 0. The second-order valence-electron chi connectivity index (χ2n) is 4.24. The largest absolute Gasteiger partial charge is 0.376 e. The molecule has 0 saturated carbocycles. The number of tetrazole rings is 1. The number of aromatic nitrogens is 6. The highest BCUT2D eigenvalue weighted by Crippen LogP contribution is 2.32. The van der Waals surface area contributed by atoms with Crippen molar-refractivity contribution in [3.8, 4) is 0 Å². The predicted octanol–water partition coefficient (Wildman–Crippen LogP) is -0.564. The van der Waals surface area contributed by atoms with Crippen molar-refractivity contribution in [1.82, 2.24) is 30.0 Å². The first kappa shape index (κ1) is 12.9. The van der Waals surface area contributed by atoms with Gasteiger partial charge in [-0.3, -0.25) is 4.57 Å². The van der Waals surface area contributed by atoms with Gasteiger partial charge in [-0.25, -0.2) is 4.98 Å². The lowest BCUT2D eigenvalue weighted by Crippen LogP contribution is -2.03. The van der Waals surface area contributed by atoms with E-state index in [1.807, 2.05) is 6.07 Å². The Balaban J connectivity index is 1.94. The van der Waals surface area contributed by atoms with E-state index in [0.29, 0.717) is 24.3 Å². The lowest BCUT2D eigenvalue weighted by molar-refractivity contribution is 0.386. The fourth-order valence-corrected chi connectivity index (χ4v) is 2.43. The molecular weight excluding hydrogens is 283 g/mol. The van der Waals surface area contributed by atoms with Gasteiger partial charge in [0.05, 0.1) is 0 Å². The summed E-state index contributed by atoms with van der Waals surface area (Å²) in [5, 5.41) is 13.6.